The molecule has 1 aromatic carbocycles. The van der Waals surface area contributed by atoms with Crippen molar-refractivity contribution in [1.29, 1.82) is 0 Å². The van der Waals surface area contributed by atoms with Gasteiger partial charge in [0.1, 0.15) is 0 Å². The number of nitrogens with one attached hydrogen (secondary N) is 1. The van der Waals surface area contributed by atoms with Crippen LogP contribution in [0.25, 0.3) is 0 Å². The lowest BCUT2D eigenvalue weighted by Crippen LogP contribution is -2.41. The van der Waals surface area contributed by atoms with Gasteiger partial charge in [0.15, 0.2) is 0 Å². The summed E-state index contributed by atoms with van der Waals surface area (Å²) in [5.74, 6) is -0.968. The molecule has 0 spiro atoms. The van der Waals surface area contributed by atoms with Crippen molar-refractivity contribution in [1.82, 2.24) is 4.90 Å². The number of hydrogen-bond donors (Lipinski definition) is 3. The van der Waals surface area contributed by atoms with Gasteiger partial charge in [-0.1, -0.05) is 6.42 Å². The number of piperidine rings is 1. The molecule has 2 unspecified atom stereocenters. The first-order chi connectivity index (χ1) is 10.1. The third-order valence-electron chi connectivity index (χ3n) is 4.83. The highest BCUT2D eigenvalue weighted by Gasteiger charge is 2.35. The number of carbonyl (C=O) groups is 1. The van der Waals surface area contributed by atoms with Crippen LogP contribution in [-0.4, -0.2) is 41.1 Å². The predicted molar refractivity (Wildman–Crippen MR) is 83.8 cm³/mol. The number of fused-ring (bicyclic) bond motifs is 1. The highest BCUT2D eigenvalue weighted by atomic mass is 16.4. The molecule has 0 aliphatic carbocycles. The van der Waals surface area contributed by atoms with E-state index < -0.39 is 5.97 Å². The van der Waals surface area contributed by atoms with Crippen LogP contribution >= 0.6 is 0 Å². The lowest BCUT2D eigenvalue weighted by molar-refractivity contribution is 0.0698. The normalized spacial score (nSPS) is 25.6. The number of aromatic carboxylic acids is 1. The number of nitrogens with two attached hydrogens (primary N) is 1. The Bertz CT molecular complexity index is 559. The van der Waals surface area contributed by atoms with Gasteiger partial charge >= 0.3 is 5.97 Å². The Morgan fingerprint density at radius 2 is 2.14 bits per heavy atom. The van der Waals surface area contributed by atoms with E-state index in [2.05, 4.69) is 10.2 Å². The van der Waals surface area contributed by atoms with Crippen LogP contribution in [0.5, 0.6) is 0 Å². The van der Waals surface area contributed by atoms with Crippen molar-refractivity contribution in [3.05, 3.63) is 23.3 Å². The van der Waals surface area contributed by atoms with Gasteiger partial charge in [-0.15, -0.1) is 0 Å². The lowest BCUT2D eigenvalue weighted by Gasteiger charge is -2.33. The summed E-state index contributed by atoms with van der Waals surface area (Å²) in [5, 5.41) is 12.8. The van der Waals surface area contributed by atoms with Crippen LogP contribution in [0, 0.1) is 6.92 Å². The van der Waals surface area contributed by atoms with Crippen molar-refractivity contribution in [2.75, 3.05) is 24.1 Å². The molecule has 4 N–H and O–H groups in total. The summed E-state index contributed by atoms with van der Waals surface area (Å²) in [6.45, 7) is 4.20. The molecule has 0 saturated carbocycles. The first-order valence-corrected chi connectivity index (χ1v) is 7.70. The summed E-state index contributed by atoms with van der Waals surface area (Å²) in [4.78, 5) is 13.8. The molecule has 0 radical (unpaired) electrons. The van der Waals surface area contributed by atoms with E-state index in [9.17, 15) is 9.90 Å². The third kappa shape index (κ3) is 2.70. The first-order valence-electron chi connectivity index (χ1n) is 7.70. The van der Waals surface area contributed by atoms with Gasteiger partial charge < -0.3 is 16.2 Å². The molecule has 0 amide bonds. The summed E-state index contributed by atoms with van der Waals surface area (Å²) in [5.41, 5.74) is 8.09. The minimum absolute atomic E-state index is 0.191. The zero-order valence-corrected chi connectivity index (χ0v) is 12.4. The van der Waals surface area contributed by atoms with Crippen LogP contribution in [0.3, 0.4) is 0 Å². The number of nitrogens with zero attached hydrogens (tertiary/aromatic N) is 1. The molecular weight excluding hydrogens is 266 g/mol. The number of benzene rings is 1. The topological polar surface area (TPSA) is 78.6 Å². The van der Waals surface area contributed by atoms with Gasteiger partial charge in [0, 0.05) is 30.0 Å². The van der Waals surface area contributed by atoms with Gasteiger partial charge in [0.25, 0.3) is 0 Å². The Morgan fingerprint density at radius 1 is 1.33 bits per heavy atom. The Morgan fingerprint density at radius 3 is 2.90 bits per heavy atom. The van der Waals surface area contributed by atoms with E-state index in [0.29, 0.717) is 17.8 Å². The van der Waals surface area contributed by atoms with Crippen molar-refractivity contribution < 1.29 is 9.90 Å². The summed E-state index contributed by atoms with van der Waals surface area (Å²) in [6.07, 6.45) is 4.95. The number of carboxylic acid groups (broad SMARTS) is 1. The summed E-state index contributed by atoms with van der Waals surface area (Å²) < 4.78 is 0. The second-order valence-corrected chi connectivity index (χ2v) is 6.20. The Hall–Kier alpha value is -1.75. The SMILES string of the molecule is Cc1cc(NC2CCN3CCCCC23)cc(C(=O)O)c1N. The van der Waals surface area contributed by atoms with Crippen molar-refractivity contribution in [2.45, 2.75) is 44.7 Å². The van der Waals surface area contributed by atoms with Gasteiger partial charge in [0.2, 0.25) is 0 Å². The largest absolute Gasteiger partial charge is 0.478 e. The Labute approximate surface area is 125 Å². The molecule has 0 aromatic heterocycles. The number of rotatable bonds is 3. The van der Waals surface area contributed by atoms with Crippen LogP contribution in [-0.2, 0) is 0 Å². The number of aryl methyl sites for hydroxylation is 1. The van der Waals surface area contributed by atoms with E-state index >= 15 is 0 Å². The summed E-state index contributed by atoms with van der Waals surface area (Å²) in [6, 6.07) is 4.61. The molecule has 5 heteroatoms. The molecule has 2 saturated heterocycles. The molecule has 114 valence electrons. The maximum atomic E-state index is 11.3. The molecule has 5 nitrogen and oxygen atoms in total. The number of carboxylic acids is 1. The van der Waals surface area contributed by atoms with E-state index in [-0.39, 0.29) is 5.56 Å². The molecule has 0 bridgehead atoms. The molecule has 2 atom stereocenters. The minimum atomic E-state index is -0.968. The average Bonchev–Trinajstić information content (AvgIpc) is 2.86. The monoisotopic (exact) mass is 289 g/mol. The van der Waals surface area contributed by atoms with E-state index in [0.717, 1.165) is 24.2 Å². The first kappa shape index (κ1) is 14.2. The Kier molecular flexibility index (Phi) is 3.76. The summed E-state index contributed by atoms with van der Waals surface area (Å²) in [7, 11) is 0. The molecular formula is C16H23N3O2. The van der Waals surface area contributed by atoms with Crippen LogP contribution in [0.15, 0.2) is 12.1 Å². The van der Waals surface area contributed by atoms with Crippen molar-refractivity contribution >= 4 is 17.3 Å². The average molecular weight is 289 g/mol. The van der Waals surface area contributed by atoms with Gasteiger partial charge in [-0.2, -0.15) is 0 Å². The number of nitrogen functional groups attached to an aromatic ring is 1. The second-order valence-electron chi connectivity index (χ2n) is 6.20. The zero-order chi connectivity index (χ0) is 15.0. The molecule has 2 aliphatic heterocycles. The Balaban J connectivity index is 1.80. The highest BCUT2D eigenvalue weighted by molar-refractivity contribution is 5.95. The van der Waals surface area contributed by atoms with Crippen LogP contribution in [0.1, 0.15) is 41.6 Å². The van der Waals surface area contributed by atoms with E-state index in [1.165, 1.54) is 25.8 Å². The molecule has 3 rings (SSSR count). The molecule has 2 aliphatic rings. The number of anilines is 2. The van der Waals surface area contributed by atoms with Gasteiger partial charge in [0.05, 0.1) is 5.56 Å². The molecule has 21 heavy (non-hydrogen) atoms. The van der Waals surface area contributed by atoms with E-state index in [1.54, 1.807) is 6.07 Å². The fourth-order valence-electron chi connectivity index (χ4n) is 3.69. The van der Waals surface area contributed by atoms with E-state index in [1.807, 2.05) is 13.0 Å². The second kappa shape index (κ2) is 5.56. The summed E-state index contributed by atoms with van der Waals surface area (Å²) >= 11 is 0. The van der Waals surface area contributed by atoms with Gasteiger partial charge in [-0.05, 0) is 50.4 Å². The predicted octanol–water partition coefficient (Wildman–Crippen LogP) is 2.31. The maximum Gasteiger partial charge on any atom is 0.337 e. The zero-order valence-electron chi connectivity index (χ0n) is 12.4. The van der Waals surface area contributed by atoms with Crippen LogP contribution in [0.4, 0.5) is 11.4 Å². The smallest absolute Gasteiger partial charge is 0.337 e. The standard InChI is InChI=1S/C16H23N3O2/c1-10-8-11(9-12(15(10)17)16(20)21)18-13-5-7-19-6-3-2-4-14(13)19/h8-9,13-14,18H,2-7,17H2,1H3,(H,20,21). The van der Waals surface area contributed by atoms with Crippen molar-refractivity contribution in [3.63, 3.8) is 0 Å². The fourth-order valence-corrected chi connectivity index (χ4v) is 3.69. The van der Waals surface area contributed by atoms with Gasteiger partial charge in [-0.25, -0.2) is 4.79 Å². The maximum absolute atomic E-state index is 11.3. The van der Waals surface area contributed by atoms with E-state index in [4.69, 9.17) is 5.73 Å². The van der Waals surface area contributed by atoms with Crippen LogP contribution < -0.4 is 11.1 Å². The minimum Gasteiger partial charge on any atom is -0.478 e. The number of hydrogen-bond acceptors (Lipinski definition) is 4. The fraction of sp³-hybridized carbons (Fsp3) is 0.562. The highest BCUT2D eigenvalue weighted by Crippen LogP contribution is 2.31. The van der Waals surface area contributed by atoms with Gasteiger partial charge in [-0.3, -0.25) is 4.90 Å². The van der Waals surface area contributed by atoms with Crippen molar-refractivity contribution in [3.8, 4) is 0 Å². The molecule has 1 aromatic rings. The van der Waals surface area contributed by atoms with Crippen molar-refractivity contribution in [2.24, 2.45) is 0 Å². The van der Waals surface area contributed by atoms with Crippen LogP contribution in [0.2, 0.25) is 0 Å². The molecule has 2 fully saturated rings. The third-order valence-corrected chi connectivity index (χ3v) is 4.83. The molecule has 2 heterocycles. The quantitative estimate of drug-likeness (QED) is 0.744. The lowest BCUT2D eigenvalue weighted by atomic mass is 9.98.